The lowest BCUT2D eigenvalue weighted by molar-refractivity contribution is 0.0697. The number of nitrogens with zero attached hydrogens (tertiary/aromatic N) is 1. The van der Waals surface area contributed by atoms with Crippen LogP contribution in [0.4, 0.5) is 8.78 Å². The summed E-state index contributed by atoms with van der Waals surface area (Å²) in [6.45, 7) is 0. The molecule has 3 rings (SSSR count). The van der Waals surface area contributed by atoms with Crippen molar-refractivity contribution in [3.05, 3.63) is 65.1 Å². The van der Waals surface area contributed by atoms with E-state index in [2.05, 4.69) is 4.98 Å². The average Bonchev–Trinajstić information content (AvgIpc) is 2.85. The number of carboxylic acid groups (broad SMARTS) is 1. The third-order valence-electron chi connectivity index (χ3n) is 3.05. The largest absolute Gasteiger partial charge is 0.478 e. The lowest BCUT2D eigenvalue weighted by atomic mass is 10.1. The first-order valence-corrected chi connectivity index (χ1v) is 6.10. The first-order valence-electron chi connectivity index (χ1n) is 6.10. The third kappa shape index (κ3) is 2.47. The Labute approximate surface area is 117 Å². The minimum absolute atomic E-state index is 0.0132. The fourth-order valence-electron chi connectivity index (χ4n) is 2.03. The van der Waals surface area contributed by atoms with Gasteiger partial charge in [-0.05, 0) is 24.3 Å². The predicted molar refractivity (Wildman–Crippen MR) is 70.1 cm³/mol. The SMILES string of the molecule is O=C(O)c1ccc2nc(Cc3cccc(F)c3F)oc2c1. The van der Waals surface area contributed by atoms with Crippen molar-refractivity contribution in [1.82, 2.24) is 4.98 Å². The van der Waals surface area contributed by atoms with E-state index in [1.165, 1.54) is 30.3 Å². The fraction of sp³-hybridized carbons (Fsp3) is 0.0667. The summed E-state index contributed by atoms with van der Waals surface area (Å²) < 4.78 is 32.1. The summed E-state index contributed by atoms with van der Waals surface area (Å²) >= 11 is 0. The molecule has 0 saturated heterocycles. The van der Waals surface area contributed by atoms with Crippen LogP contribution >= 0.6 is 0 Å². The standard InChI is InChI=1S/C15H9F2NO3/c16-10-3-1-2-8(14(10)17)7-13-18-11-5-4-9(15(19)20)6-12(11)21-13/h1-6H,7H2,(H,19,20). The van der Waals surface area contributed by atoms with Gasteiger partial charge < -0.3 is 9.52 Å². The van der Waals surface area contributed by atoms with Crippen LogP contribution in [-0.4, -0.2) is 16.1 Å². The number of carboxylic acids is 1. The minimum atomic E-state index is -1.08. The van der Waals surface area contributed by atoms with Gasteiger partial charge in [-0.25, -0.2) is 18.6 Å². The second-order valence-corrected chi connectivity index (χ2v) is 4.48. The van der Waals surface area contributed by atoms with E-state index in [4.69, 9.17) is 9.52 Å². The lowest BCUT2D eigenvalue weighted by Gasteiger charge is -2.00. The molecule has 0 spiro atoms. The van der Waals surface area contributed by atoms with Crippen molar-refractivity contribution < 1.29 is 23.1 Å². The highest BCUT2D eigenvalue weighted by Crippen LogP contribution is 2.21. The molecule has 106 valence electrons. The van der Waals surface area contributed by atoms with Gasteiger partial charge in [-0.1, -0.05) is 12.1 Å². The molecule has 3 aromatic rings. The number of hydrogen-bond donors (Lipinski definition) is 1. The van der Waals surface area contributed by atoms with E-state index in [1.807, 2.05) is 0 Å². The molecule has 0 aliphatic rings. The number of hydrogen-bond acceptors (Lipinski definition) is 3. The highest BCUT2D eigenvalue weighted by molar-refractivity contribution is 5.91. The van der Waals surface area contributed by atoms with Gasteiger partial charge in [0.05, 0.1) is 12.0 Å². The van der Waals surface area contributed by atoms with Crippen molar-refractivity contribution in [2.75, 3.05) is 0 Å². The third-order valence-corrected chi connectivity index (χ3v) is 3.05. The van der Waals surface area contributed by atoms with Gasteiger partial charge in [-0.15, -0.1) is 0 Å². The second kappa shape index (κ2) is 4.97. The van der Waals surface area contributed by atoms with E-state index in [0.29, 0.717) is 11.1 Å². The minimum Gasteiger partial charge on any atom is -0.478 e. The molecule has 4 nitrogen and oxygen atoms in total. The fourth-order valence-corrected chi connectivity index (χ4v) is 2.03. The molecule has 6 heteroatoms. The number of benzene rings is 2. The Morgan fingerprint density at radius 3 is 2.81 bits per heavy atom. The summed E-state index contributed by atoms with van der Waals surface area (Å²) in [6, 6.07) is 8.13. The molecule has 0 saturated carbocycles. The van der Waals surface area contributed by atoms with Crippen molar-refractivity contribution in [1.29, 1.82) is 0 Å². The van der Waals surface area contributed by atoms with Crippen LogP contribution in [0.1, 0.15) is 21.8 Å². The Bertz CT molecular complexity index is 842. The molecule has 0 fully saturated rings. The van der Waals surface area contributed by atoms with Gasteiger partial charge in [0.15, 0.2) is 23.1 Å². The van der Waals surface area contributed by atoms with Crippen LogP contribution in [-0.2, 0) is 6.42 Å². The molecule has 0 amide bonds. The van der Waals surface area contributed by atoms with Crippen LogP contribution in [0.3, 0.4) is 0 Å². The summed E-state index contributed by atoms with van der Waals surface area (Å²) in [5.74, 6) is -2.76. The number of fused-ring (bicyclic) bond motifs is 1. The molecule has 0 aliphatic heterocycles. The molecular formula is C15H9F2NO3. The predicted octanol–water partition coefficient (Wildman–Crippen LogP) is 3.40. The topological polar surface area (TPSA) is 63.3 Å². The number of carbonyl (C=O) groups is 1. The van der Waals surface area contributed by atoms with E-state index >= 15 is 0 Å². The normalized spacial score (nSPS) is 11.0. The molecular weight excluding hydrogens is 280 g/mol. The van der Waals surface area contributed by atoms with E-state index in [9.17, 15) is 13.6 Å². The number of halogens is 2. The van der Waals surface area contributed by atoms with Crippen LogP contribution in [0.2, 0.25) is 0 Å². The van der Waals surface area contributed by atoms with E-state index in [-0.39, 0.29) is 23.4 Å². The Hall–Kier alpha value is -2.76. The van der Waals surface area contributed by atoms with E-state index in [1.54, 1.807) is 0 Å². The first-order chi connectivity index (χ1) is 10.0. The zero-order chi connectivity index (χ0) is 15.0. The quantitative estimate of drug-likeness (QED) is 0.802. The molecule has 0 atom stereocenters. The maximum atomic E-state index is 13.6. The van der Waals surface area contributed by atoms with Gasteiger partial charge in [0.1, 0.15) is 5.52 Å². The molecule has 0 radical (unpaired) electrons. The maximum absolute atomic E-state index is 13.6. The molecule has 1 N–H and O–H groups in total. The van der Waals surface area contributed by atoms with Crippen molar-refractivity contribution in [2.45, 2.75) is 6.42 Å². The number of aromatic carboxylic acids is 1. The van der Waals surface area contributed by atoms with E-state index < -0.39 is 17.6 Å². The summed E-state index contributed by atoms with van der Waals surface area (Å²) in [5, 5.41) is 8.90. The van der Waals surface area contributed by atoms with Crippen LogP contribution in [0, 0.1) is 11.6 Å². The monoisotopic (exact) mass is 289 g/mol. The maximum Gasteiger partial charge on any atom is 0.335 e. The van der Waals surface area contributed by atoms with Gasteiger partial charge >= 0.3 is 5.97 Å². The number of aromatic nitrogens is 1. The number of rotatable bonds is 3. The molecule has 2 aromatic carbocycles. The first kappa shape index (κ1) is 13.2. The highest BCUT2D eigenvalue weighted by Gasteiger charge is 2.13. The Morgan fingerprint density at radius 1 is 1.24 bits per heavy atom. The molecule has 21 heavy (non-hydrogen) atoms. The smallest absolute Gasteiger partial charge is 0.335 e. The summed E-state index contributed by atoms with van der Waals surface area (Å²) in [7, 11) is 0. The summed E-state index contributed by atoms with van der Waals surface area (Å²) in [4.78, 5) is 15.0. The van der Waals surface area contributed by atoms with Gasteiger partial charge in [-0.2, -0.15) is 0 Å². The van der Waals surface area contributed by atoms with Crippen LogP contribution in [0.15, 0.2) is 40.8 Å². The lowest BCUT2D eigenvalue weighted by Crippen LogP contribution is -1.95. The second-order valence-electron chi connectivity index (χ2n) is 4.48. The van der Waals surface area contributed by atoms with Gasteiger partial charge in [-0.3, -0.25) is 0 Å². The Morgan fingerprint density at radius 2 is 2.05 bits per heavy atom. The van der Waals surface area contributed by atoms with Crippen LogP contribution in [0.25, 0.3) is 11.1 Å². The van der Waals surface area contributed by atoms with Crippen molar-refractivity contribution >= 4 is 17.1 Å². The zero-order valence-electron chi connectivity index (χ0n) is 10.6. The average molecular weight is 289 g/mol. The van der Waals surface area contributed by atoms with Crippen LogP contribution < -0.4 is 0 Å². The Balaban J connectivity index is 1.98. The van der Waals surface area contributed by atoms with Crippen LogP contribution in [0.5, 0.6) is 0 Å². The van der Waals surface area contributed by atoms with Crippen molar-refractivity contribution in [3.8, 4) is 0 Å². The highest BCUT2D eigenvalue weighted by atomic mass is 19.2. The summed E-state index contributed by atoms with van der Waals surface area (Å²) in [6.07, 6.45) is -0.0132. The van der Waals surface area contributed by atoms with Crippen molar-refractivity contribution in [3.63, 3.8) is 0 Å². The van der Waals surface area contributed by atoms with Gasteiger partial charge in [0, 0.05) is 5.56 Å². The van der Waals surface area contributed by atoms with E-state index in [0.717, 1.165) is 6.07 Å². The molecule has 0 aliphatic carbocycles. The Kier molecular flexibility index (Phi) is 3.13. The summed E-state index contributed by atoms with van der Waals surface area (Å²) in [5.41, 5.74) is 0.954. The van der Waals surface area contributed by atoms with Crippen molar-refractivity contribution in [2.24, 2.45) is 0 Å². The number of oxazole rings is 1. The molecule has 0 unspecified atom stereocenters. The zero-order valence-corrected chi connectivity index (χ0v) is 10.6. The molecule has 1 heterocycles. The molecule has 1 aromatic heterocycles. The molecule has 0 bridgehead atoms. The van der Waals surface area contributed by atoms with Gasteiger partial charge in [0.25, 0.3) is 0 Å². The van der Waals surface area contributed by atoms with Gasteiger partial charge in [0.2, 0.25) is 0 Å².